The molecule has 1 saturated carbocycles. The number of rotatable bonds is 3. The van der Waals surface area contributed by atoms with Crippen molar-refractivity contribution in [3.8, 4) is 0 Å². The molecular formula is C9H13N5O. The molecule has 1 aromatic rings. The van der Waals surface area contributed by atoms with Crippen LogP contribution in [0.5, 0.6) is 0 Å². The van der Waals surface area contributed by atoms with E-state index in [9.17, 15) is 4.79 Å². The summed E-state index contributed by atoms with van der Waals surface area (Å²) in [6, 6.07) is 3.90. The minimum atomic E-state index is -0.570. The maximum Gasteiger partial charge on any atom is 0.269 e. The van der Waals surface area contributed by atoms with E-state index in [0.717, 1.165) is 12.8 Å². The number of hydrogen-bond donors (Lipinski definition) is 3. The van der Waals surface area contributed by atoms with Crippen LogP contribution in [0.1, 0.15) is 23.3 Å². The van der Waals surface area contributed by atoms with E-state index in [1.165, 1.54) is 0 Å². The monoisotopic (exact) mass is 207 g/mol. The Morgan fingerprint density at radius 1 is 1.40 bits per heavy atom. The van der Waals surface area contributed by atoms with E-state index in [1.807, 2.05) is 0 Å². The zero-order valence-corrected chi connectivity index (χ0v) is 8.18. The molecule has 1 aromatic heterocycles. The van der Waals surface area contributed by atoms with Crippen LogP contribution in [-0.2, 0) is 0 Å². The minimum Gasteiger partial charge on any atom is -0.366 e. The molecule has 15 heavy (non-hydrogen) atoms. The number of nitrogens with one attached hydrogen (secondary N) is 1. The molecule has 5 N–H and O–H groups in total. The molecule has 1 aliphatic carbocycles. The van der Waals surface area contributed by atoms with Crippen LogP contribution in [-0.4, -0.2) is 28.2 Å². The molecule has 80 valence electrons. The van der Waals surface area contributed by atoms with Crippen molar-refractivity contribution in [1.82, 2.24) is 10.2 Å². The number of aromatic nitrogens is 2. The fourth-order valence-electron chi connectivity index (χ4n) is 1.53. The number of anilines is 1. The third-order valence-electron chi connectivity index (χ3n) is 2.44. The summed E-state index contributed by atoms with van der Waals surface area (Å²) in [6.07, 6.45) is 1.89. The maximum absolute atomic E-state index is 10.7. The van der Waals surface area contributed by atoms with Gasteiger partial charge in [-0.05, 0) is 25.0 Å². The highest BCUT2D eigenvalue weighted by Gasteiger charge is 2.25. The first-order chi connectivity index (χ1) is 7.15. The van der Waals surface area contributed by atoms with Gasteiger partial charge in [-0.1, -0.05) is 0 Å². The van der Waals surface area contributed by atoms with Gasteiger partial charge in [0, 0.05) is 12.1 Å². The molecule has 0 atom stereocenters. The van der Waals surface area contributed by atoms with E-state index >= 15 is 0 Å². The van der Waals surface area contributed by atoms with Crippen molar-refractivity contribution in [3.05, 3.63) is 17.8 Å². The lowest BCUT2D eigenvalue weighted by atomic mass is 9.88. The number of amides is 1. The molecule has 6 heteroatoms. The highest BCUT2D eigenvalue weighted by Crippen LogP contribution is 2.21. The van der Waals surface area contributed by atoms with Gasteiger partial charge in [0.25, 0.3) is 5.91 Å². The smallest absolute Gasteiger partial charge is 0.269 e. The average Bonchev–Trinajstić information content (AvgIpc) is 2.16. The third-order valence-corrected chi connectivity index (χ3v) is 2.44. The van der Waals surface area contributed by atoms with Crippen molar-refractivity contribution >= 4 is 11.7 Å². The van der Waals surface area contributed by atoms with Crippen LogP contribution in [0.4, 0.5) is 5.82 Å². The SMILES string of the molecule is NC(=O)c1ccc(NC2CC(N)C2)nn1. The maximum atomic E-state index is 10.7. The van der Waals surface area contributed by atoms with E-state index in [-0.39, 0.29) is 5.69 Å². The first-order valence-electron chi connectivity index (χ1n) is 4.81. The molecule has 1 heterocycles. The Labute approximate surface area is 87.0 Å². The van der Waals surface area contributed by atoms with Crippen molar-refractivity contribution in [2.75, 3.05) is 5.32 Å². The van der Waals surface area contributed by atoms with Gasteiger partial charge in [-0.25, -0.2) is 0 Å². The van der Waals surface area contributed by atoms with Gasteiger partial charge in [-0.15, -0.1) is 10.2 Å². The highest BCUT2D eigenvalue weighted by molar-refractivity contribution is 5.90. The fraction of sp³-hybridized carbons (Fsp3) is 0.444. The fourth-order valence-corrected chi connectivity index (χ4v) is 1.53. The molecule has 0 unspecified atom stereocenters. The summed E-state index contributed by atoms with van der Waals surface area (Å²) < 4.78 is 0. The zero-order valence-electron chi connectivity index (χ0n) is 8.18. The Kier molecular flexibility index (Phi) is 2.51. The first kappa shape index (κ1) is 9.85. The topological polar surface area (TPSA) is 107 Å². The van der Waals surface area contributed by atoms with Gasteiger partial charge in [0.15, 0.2) is 5.69 Å². The number of nitrogens with two attached hydrogens (primary N) is 2. The molecule has 1 amide bonds. The highest BCUT2D eigenvalue weighted by atomic mass is 16.1. The molecule has 1 fully saturated rings. The minimum absolute atomic E-state index is 0.172. The van der Waals surface area contributed by atoms with Crippen LogP contribution < -0.4 is 16.8 Å². The lowest BCUT2D eigenvalue weighted by Gasteiger charge is -2.33. The quantitative estimate of drug-likeness (QED) is 0.618. The lowest BCUT2D eigenvalue weighted by molar-refractivity contribution is 0.0994. The second-order valence-corrected chi connectivity index (χ2v) is 3.74. The van der Waals surface area contributed by atoms with Gasteiger partial charge in [-0.3, -0.25) is 4.79 Å². The zero-order chi connectivity index (χ0) is 10.8. The number of carbonyl (C=O) groups is 1. The van der Waals surface area contributed by atoms with Gasteiger partial charge in [-0.2, -0.15) is 0 Å². The van der Waals surface area contributed by atoms with E-state index in [2.05, 4.69) is 15.5 Å². The predicted molar refractivity (Wildman–Crippen MR) is 55.2 cm³/mol. The summed E-state index contributed by atoms with van der Waals surface area (Å²) in [7, 11) is 0. The van der Waals surface area contributed by atoms with Gasteiger partial charge in [0.2, 0.25) is 0 Å². The molecule has 0 spiro atoms. The van der Waals surface area contributed by atoms with Crippen LogP contribution in [0, 0.1) is 0 Å². The summed E-state index contributed by atoms with van der Waals surface area (Å²) in [5, 5.41) is 10.7. The van der Waals surface area contributed by atoms with Crippen molar-refractivity contribution in [2.24, 2.45) is 11.5 Å². The molecule has 0 bridgehead atoms. The number of primary amides is 1. The van der Waals surface area contributed by atoms with Crippen molar-refractivity contribution < 1.29 is 4.79 Å². The van der Waals surface area contributed by atoms with Crippen LogP contribution in [0.3, 0.4) is 0 Å². The second-order valence-electron chi connectivity index (χ2n) is 3.74. The first-order valence-corrected chi connectivity index (χ1v) is 4.81. The summed E-state index contributed by atoms with van der Waals surface area (Å²) in [5.41, 5.74) is 10.9. The number of hydrogen-bond acceptors (Lipinski definition) is 5. The largest absolute Gasteiger partial charge is 0.366 e. The van der Waals surface area contributed by atoms with Crippen LogP contribution in [0.25, 0.3) is 0 Å². The van der Waals surface area contributed by atoms with Crippen LogP contribution >= 0.6 is 0 Å². The van der Waals surface area contributed by atoms with E-state index in [0.29, 0.717) is 17.9 Å². The second kappa shape index (κ2) is 3.82. The normalized spacial score (nSPS) is 24.3. The summed E-state index contributed by atoms with van der Waals surface area (Å²) in [6.45, 7) is 0. The summed E-state index contributed by atoms with van der Waals surface area (Å²) >= 11 is 0. The molecular weight excluding hydrogens is 194 g/mol. The Morgan fingerprint density at radius 2 is 2.13 bits per heavy atom. The van der Waals surface area contributed by atoms with E-state index < -0.39 is 5.91 Å². The van der Waals surface area contributed by atoms with Crippen molar-refractivity contribution in [2.45, 2.75) is 24.9 Å². The van der Waals surface area contributed by atoms with Gasteiger partial charge >= 0.3 is 0 Å². The molecule has 1 aliphatic rings. The predicted octanol–water partition coefficient (Wildman–Crippen LogP) is -0.523. The van der Waals surface area contributed by atoms with Gasteiger partial charge in [0.05, 0.1) is 0 Å². The summed E-state index contributed by atoms with van der Waals surface area (Å²) in [4.78, 5) is 10.7. The molecule has 0 radical (unpaired) electrons. The Morgan fingerprint density at radius 3 is 2.60 bits per heavy atom. The number of nitrogens with zero attached hydrogens (tertiary/aromatic N) is 2. The van der Waals surface area contributed by atoms with Crippen LogP contribution in [0.15, 0.2) is 12.1 Å². The third kappa shape index (κ3) is 2.21. The standard InChI is InChI=1S/C9H13N5O/c10-5-3-6(4-5)12-8-2-1-7(9(11)15)13-14-8/h1-2,5-6H,3-4,10H2,(H2,11,15)(H,12,14). The Hall–Kier alpha value is -1.69. The molecule has 2 rings (SSSR count). The van der Waals surface area contributed by atoms with E-state index in [4.69, 9.17) is 11.5 Å². The van der Waals surface area contributed by atoms with Gasteiger partial charge < -0.3 is 16.8 Å². The molecule has 6 nitrogen and oxygen atoms in total. The molecule has 0 aromatic carbocycles. The van der Waals surface area contributed by atoms with Crippen molar-refractivity contribution in [1.29, 1.82) is 0 Å². The Balaban J connectivity index is 1.95. The lowest BCUT2D eigenvalue weighted by Crippen LogP contribution is -2.44. The van der Waals surface area contributed by atoms with E-state index in [1.54, 1.807) is 12.1 Å². The molecule has 0 aliphatic heterocycles. The summed E-state index contributed by atoms with van der Waals surface area (Å²) in [5.74, 6) is 0.0802. The number of carbonyl (C=O) groups excluding carboxylic acids is 1. The van der Waals surface area contributed by atoms with Crippen molar-refractivity contribution in [3.63, 3.8) is 0 Å². The molecule has 0 saturated heterocycles. The Bertz CT molecular complexity index is 357. The van der Waals surface area contributed by atoms with Crippen LogP contribution in [0.2, 0.25) is 0 Å². The average molecular weight is 207 g/mol. The van der Waals surface area contributed by atoms with Gasteiger partial charge in [0.1, 0.15) is 5.82 Å².